The Bertz CT molecular complexity index is 655. The van der Waals surface area contributed by atoms with Crippen molar-refractivity contribution < 1.29 is 18.0 Å². The maximum absolute atomic E-state index is 13.5. The highest BCUT2D eigenvalue weighted by Gasteiger charge is 2.12. The van der Waals surface area contributed by atoms with E-state index in [1.807, 2.05) is 0 Å². The van der Waals surface area contributed by atoms with Crippen LogP contribution < -0.4 is 0 Å². The van der Waals surface area contributed by atoms with Crippen LogP contribution in [-0.4, -0.2) is 17.9 Å². The fraction of sp³-hybridized carbons (Fsp3) is 0.235. The molecule has 116 valence electrons. The minimum Gasteiger partial charge on any atom is -0.341 e. The summed E-state index contributed by atoms with van der Waals surface area (Å²) in [4.78, 5) is 13.4. The van der Waals surface area contributed by atoms with Gasteiger partial charge in [0, 0.05) is 31.6 Å². The van der Waals surface area contributed by atoms with Gasteiger partial charge in [-0.25, -0.2) is 13.2 Å². The monoisotopic (exact) mass is 307 g/mol. The molecule has 2 rings (SSSR count). The van der Waals surface area contributed by atoms with Gasteiger partial charge >= 0.3 is 0 Å². The first-order chi connectivity index (χ1) is 10.5. The van der Waals surface area contributed by atoms with Gasteiger partial charge in [-0.3, -0.25) is 4.79 Å². The van der Waals surface area contributed by atoms with Crippen molar-refractivity contribution in [2.45, 2.75) is 19.4 Å². The SMILES string of the molecule is CN(Cc1ccc(F)cc1F)C(=O)CCc1ccc(F)cc1. The maximum Gasteiger partial charge on any atom is 0.222 e. The number of carbonyl (C=O) groups excluding carboxylic acids is 1. The molecule has 0 bridgehead atoms. The molecule has 2 aromatic rings. The van der Waals surface area contributed by atoms with E-state index in [0.717, 1.165) is 17.7 Å². The van der Waals surface area contributed by atoms with E-state index in [-0.39, 0.29) is 30.3 Å². The number of hydrogen-bond donors (Lipinski definition) is 0. The summed E-state index contributed by atoms with van der Waals surface area (Å²) in [6.07, 6.45) is 0.723. The van der Waals surface area contributed by atoms with E-state index in [4.69, 9.17) is 0 Å². The van der Waals surface area contributed by atoms with E-state index in [1.165, 1.54) is 23.1 Å². The molecular weight excluding hydrogens is 291 g/mol. The van der Waals surface area contributed by atoms with Crippen molar-refractivity contribution in [1.29, 1.82) is 0 Å². The van der Waals surface area contributed by atoms with Crippen molar-refractivity contribution in [1.82, 2.24) is 4.90 Å². The van der Waals surface area contributed by atoms with Crippen LogP contribution in [0.2, 0.25) is 0 Å². The largest absolute Gasteiger partial charge is 0.341 e. The Labute approximate surface area is 127 Å². The Morgan fingerprint density at radius 3 is 2.27 bits per heavy atom. The number of benzene rings is 2. The predicted octanol–water partition coefficient (Wildman–Crippen LogP) is 3.70. The molecule has 0 unspecified atom stereocenters. The van der Waals surface area contributed by atoms with Crippen LogP contribution in [0.15, 0.2) is 42.5 Å². The standard InChI is InChI=1S/C17H16F3NO/c1-21(11-13-5-8-15(19)10-16(13)20)17(22)9-4-12-2-6-14(18)7-3-12/h2-3,5-8,10H,4,9,11H2,1H3. The lowest BCUT2D eigenvalue weighted by Crippen LogP contribution is -2.26. The Kier molecular flexibility index (Phi) is 5.20. The lowest BCUT2D eigenvalue weighted by Gasteiger charge is -2.17. The van der Waals surface area contributed by atoms with Crippen molar-refractivity contribution >= 4 is 5.91 Å². The van der Waals surface area contributed by atoms with Crippen molar-refractivity contribution in [3.8, 4) is 0 Å². The second-order valence-corrected chi connectivity index (χ2v) is 5.11. The van der Waals surface area contributed by atoms with E-state index >= 15 is 0 Å². The molecule has 0 N–H and O–H groups in total. The van der Waals surface area contributed by atoms with Gasteiger partial charge in [-0.05, 0) is 30.2 Å². The van der Waals surface area contributed by atoms with E-state index in [1.54, 1.807) is 19.2 Å². The van der Waals surface area contributed by atoms with E-state index < -0.39 is 11.6 Å². The molecule has 0 aliphatic rings. The minimum absolute atomic E-state index is 0.0777. The van der Waals surface area contributed by atoms with Gasteiger partial charge < -0.3 is 4.90 Å². The van der Waals surface area contributed by atoms with Gasteiger partial charge in [0.05, 0.1) is 0 Å². The molecule has 5 heteroatoms. The Morgan fingerprint density at radius 2 is 1.64 bits per heavy atom. The van der Waals surface area contributed by atoms with Crippen LogP contribution >= 0.6 is 0 Å². The predicted molar refractivity (Wildman–Crippen MR) is 77.6 cm³/mol. The zero-order valence-electron chi connectivity index (χ0n) is 12.2. The van der Waals surface area contributed by atoms with Crippen molar-refractivity contribution in [2.24, 2.45) is 0 Å². The number of carbonyl (C=O) groups is 1. The van der Waals surface area contributed by atoms with Crippen molar-refractivity contribution in [3.05, 3.63) is 71.0 Å². The molecule has 1 amide bonds. The molecular formula is C17H16F3NO. The molecule has 2 nitrogen and oxygen atoms in total. The molecule has 0 aromatic heterocycles. The van der Waals surface area contributed by atoms with Crippen LogP contribution in [0.4, 0.5) is 13.2 Å². The van der Waals surface area contributed by atoms with Gasteiger partial charge in [-0.15, -0.1) is 0 Å². The second-order valence-electron chi connectivity index (χ2n) is 5.11. The quantitative estimate of drug-likeness (QED) is 0.825. The highest BCUT2D eigenvalue weighted by Crippen LogP contribution is 2.13. The smallest absolute Gasteiger partial charge is 0.222 e. The maximum atomic E-state index is 13.5. The first-order valence-corrected chi connectivity index (χ1v) is 6.88. The van der Waals surface area contributed by atoms with Gasteiger partial charge in [-0.2, -0.15) is 0 Å². The first kappa shape index (κ1) is 16.1. The molecule has 0 saturated carbocycles. The number of amides is 1. The molecule has 2 aromatic carbocycles. The van der Waals surface area contributed by atoms with Crippen LogP contribution in [0.25, 0.3) is 0 Å². The normalized spacial score (nSPS) is 10.5. The summed E-state index contributed by atoms with van der Waals surface area (Å²) < 4.78 is 39.2. The minimum atomic E-state index is -0.668. The topological polar surface area (TPSA) is 20.3 Å². The average molecular weight is 307 g/mol. The van der Waals surface area contributed by atoms with Crippen LogP contribution in [0.5, 0.6) is 0 Å². The summed E-state index contributed by atoms with van der Waals surface area (Å²) in [6, 6.07) is 9.23. The van der Waals surface area contributed by atoms with Crippen LogP contribution in [0.3, 0.4) is 0 Å². The molecule has 0 atom stereocenters. The van der Waals surface area contributed by atoms with Crippen molar-refractivity contribution in [2.75, 3.05) is 7.05 Å². The zero-order chi connectivity index (χ0) is 16.1. The highest BCUT2D eigenvalue weighted by atomic mass is 19.1. The molecule has 0 heterocycles. The summed E-state index contributed by atoms with van der Waals surface area (Å²) in [5, 5.41) is 0. The van der Waals surface area contributed by atoms with Gasteiger partial charge in [0.1, 0.15) is 17.5 Å². The van der Waals surface area contributed by atoms with Gasteiger partial charge in [0.25, 0.3) is 0 Å². The van der Waals surface area contributed by atoms with E-state index in [0.29, 0.717) is 6.42 Å². The van der Waals surface area contributed by atoms with Crippen LogP contribution in [-0.2, 0) is 17.8 Å². The summed E-state index contributed by atoms with van der Waals surface area (Å²) in [5.74, 6) is -1.79. The Morgan fingerprint density at radius 1 is 1.00 bits per heavy atom. The first-order valence-electron chi connectivity index (χ1n) is 6.88. The molecule has 0 aliphatic heterocycles. The summed E-state index contributed by atoms with van der Waals surface area (Å²) in [5.41, 5.74) is 1.12. The van der Waals surface area contributed by atoms with Gasteiger partial charge in [-0.1, -0.05) is 18.2 Å². The summed E-state index contributed by atoms with van der Waals surface area (Å²) in [6.45, 7) is 0.0777. The molecule has 0 radical (unpaired) electrons. The Balaban J connectivity index is 1.90. The average Bonchev–Trinajstić information content (AvgIpc) is 2.49. The molecule has 0 saturated heterocycles. The third kappa shape index (κ3) is 4.35. The lowest BCUT2D eigenvalue weighted by atomic mass is 10.1. The Hall–Kier alpha value is -2.30. The fourth-order valence-electron chi connectivity index (χ4n) is 2.09. The third-order valence-corrected chi connectivity index (χ3v) is 3.39. The highest BCUT2D eigenvalue weighted by molar-refractivity contribution is 5.76. The number of aryl methyl sites for hydroxylation is 1. The molecule has 22 heavy (non-hydrogen) atoms. The van der Waals surface area contributed by atoms with E-state index in [9.17, 15) is 18.0 Å². The van der Waals surface area contributed by atoms with Crippen LogP contribution in [0, 0.1) is 17.5 Å². The number of rotatable bonds is 5. The zero-order valence-corrected chi connectivity index (χ0v) is 12.2. The van der Waals surface area contributed by atoms with E-state index in [2.05, 4.69) is 0 Å². The summed E-state index contributed by atoms with van der Waals surface area (Å²) in [7, 11) is 1.57. The second kappa shape index (κ2) is 7.11. The van der Waals surface area contributed by atoms with Crippen molar-refractivity contribution in [3.63, 3.8) is 0 Å². The van der Waals surface area contributed by atoms with Gasteiger partial charge in [0.2, 0.25) is 5.91 Å². The number of halogens is 3. The molecule has 0 aliphatic carbocycles. The third-order valence-electron chi connectivity index (χ3n) is 3.39. The number of hydrogen-bond acceptors (Lipinski definition) is 1. The summed E-state index contributed by atoms with van der Waals surface area (Å²) >= 11 is 0. The molecule has 0 spiro atoms. The van der Waals surface area contributed by atoms with Gasteiger partial charge in [0.15, 0.2) is 0 Å². The van der Waals surface area contributed by atoms with Crippen LogP contribution in [0.1, 0.15) is 17.5 Å². The number of nitrogens with zero attached hydrogens (tertiary/aromatic N) is 1. The lowest BCUT2D eigenvalue weighted by molar-refractivity contribution is -0.130. The fourth-order valence-corrected chi connectivity index (χ4v) is 2.09. The molecule has 0 fully saturated rings.